The lowest BCUT2D eigenvalue weighted by Gasteiger charge is -2.06. The number of rotatable bonds is 5. The third-order valence-corrected chi connectivity index (χ3v) is 4.45. The molecule has 0 aliphatic rings. The molecule has 0 aliphatic carbocycles. The van der Waals surface area contributed by atoms with E-state index in [-0.39, 0.29) is 12.2 Å². The summed E-state index contributed by atoms with van der Waals surface area (Å²) < 4.78 is 0. The fourth-order valence-corrected chi connectivity index (χ4v) is 2.73. The molecule has 1 heterocycles. The Bertz CT molecular complexity index is 1100. The molecular formula is C18H14Cl2N4O3. The smallest absolute Gasteiger partial charge is 0.323 e. The summed E-state index contributed by atoms with van der Waals surface area (Å²) in [6.07, 6.45) is 2.78. The molecular weight excluding hydrogens is 391 g/mol. The number of anilines is 1. The van der Waals surface area contributed by atoms with Crippen LogP contribution in [0.15, 0.2) is 47.3 Å². The second-order valence-corrected chi connectivity index (χ2v) is 6.37. The van der Waals surface area contributed by atoms with Gasteiger partial charge in [-0.15, -0.1) is 0 Å². The summed E-state index contributed by atoms with van der Waals surface area (Å²) in [5.74, 6) is -0.860. The van der Waals surface area contributed by atoms with Crippen molar-refractivity contribution in [1.29, 1.82) is 0 Å². The summed E-state index contributed by atoms with van der Waals surface area (Å²) in [5.41, 5.74) is 1.97. The van der Waals surface area contributed by atoms with E-state index < -0.39 is 11.8 Å². The summed E-state index contributed by atoms with van der Waals surface area (Å²) in [4.78, 5) is 40.3. The zero-order valence-electron chi connectivity index (χ0n) is 13.8. The van der Waals surface area contributed by atoms with Crippen LogP contribution in [0, 0.1) is 0 Å². The van der Waals surface area contributed by atoms with Gasteiger partial charge in [0.2, 0.25) is 11.8 Å². The third kappa shape index (κ3) is 4.78. The topological polar surface area (TPSA) is 107 Å². The standard InChI is InChI=1S/C18H14Cl2N4O3/c19-12-3-1-2-10(17(12)20)4-7-15(25)21-9-16(26)22-11-5-6-13-14(8-11)24-18(27)23-13/h1-8H,9H2,(H,21,25)(H,22,26)(H2,23,24,27)/b7-4-. The molecule has 3 aromatic rings. The average Bonchev–Trinajstić information content (AvgIpc) is 3.00. The first-order valence-electron chi connectivity index (χ1n) is 7.84. The maximum Gasteiger partial charge on any atom is 0.323 e. The van der Waals surface area contributed by atoms with Crippen LogP contribution in [0.4, 0.5) is 5.69 Å². The van der Waals surface area contributed by atoms with Gasteiger partial charge in [0.25, 0.3) is 0 Å². The monoisotopic (exact) mass is 404 g/mol. The van der Waals surface area contributed by atoms with Crippen molar-refractivity contribution < 1.29 is 9.59 Å². The van der Waals surface area contributed by atoms with Crippen LogP contribution >= 0.6 is 23.2 Å². The van der Waals surface area contributed by atoms with Crippen molar-refractivity contribution in [2.24, 2.45) is 0 Å². The van der Waals surface area contributed by atoms with Crippen LogP contribution in [0.5, 0.6) is 0 Å². The Morgan fingerprint density at radius 3 is 2.67 bits per heavy atom. The second-order valence-electron chi connectivity index (χ2n) is 5.58. The molecule has 2 aromatic carbocycles. The molecule has 3 rings (SSSR count). The maximum absolute atomic E-state index is 12.0. The Morgan fingerprint density at radius 2 is 1.85 bits per heavy atom. The lowest BCUT2D eigenvalue weighted by molar-refractivity contribution is -0.121. The fourth-order valence-electron chi connectivity index (χ4n) is 2.36. The maximum atomic E-state index is 12.0. The minimum Gasteiger partial charge on any atom is -0.343 e. The van der Waals surface area contributed by atoms with Gasteiger partial charge in [-0.05, 0) is 35.9 Å². The minimum atomic E-state index is -0.452. The predicted molar refractivity (Wildman–Crippen MR) is 106 cm³/mol. The zero-order chi connectivity index (χ0) is 19.4. The molecule has 0 fully saturated rings. The Kier molecular flexibility index (Phi) is 5.63. The number of benzene rings is 2. The number of nitrogens with one attached hydrogen (secondary N) is 4. The molecule has 0 unspecified atom stereocenters. The normalized spacial score (nSPS) is 11.0. The summed E-state index contributed by atoms with van der Waals surface area (Å²) in [5, 5.41) is 5.84. The van der Waals surface area contributed by atoms with Gasteiger partial charge >= 0.3 is 5.69 Å². The molecule has 27 heavy (non-hydrogen) atoms. The molecule has 2 amide bonds. The molecule has 0 spiro atoms. The Morgan fingerprint density at radius 1 is 1.07 bits per heavy atom. The Labute approximate surface area is 163 Å². The van der Waals surface area contributed by atoms with Crippen LogP contribution in [-0.4, -0.2) is 28.3 Å². The number of hydrogen-bond acceptors (Lipinski definition) is 3. The Hall–Kier alpha value is -3.03. The number of amides is 2. The number of halogens is 2. The number of fused-ring (bicyclic) bond motifs is 1. The quantitative estimate of drug-likeness (QED) is 0.491. The summed E-state index contributed by atoms with van der Waals surface area (Å²) in [6.45, 7) is -0.214. The van der Waals surface area contributed by atoms with Crippen LogP contribution < -0.4 is 16.3 Å². The highest BCUT2D eigenvalue weighted by molar-refractivity contribution is 6.42. The third-order valence-electron chi connectivity index (χ3n) is 3.62. The molecule has 138 valence electrons. The van der Waals surface area contributed by atoms with Crippen LogP contribution in [0.2, 0.25) is 10.0 Å². The molecule has 1 aromatic heterocycles. The van der Waals surface area contributed by atoms with Crippen molar-refractivity contribution in [3.63, 3.8) is 0 Å². The van der Waals surface area contributed by atoms with Crippen molar-refractivity contribution in [2.75, 3.05) is 11.9 Å². The highest BCUT2D eigenvalue weighted by Crippen LogP contribution is 2.26. The SMILES string of the molecule is O=C(/C=C\c1cccc(Cl)c1Cl)NCC(=O)Nc1ccc2[nH]c(=O)[nH]c2c1. The number of aromatic amines is 2. The number of carbonyl (C=O) groups excluding carboxylic acids is 2. The van der Waals surface area contributed by atoms with E-state index in [0.29, 0.717) is 32.3 Å². The first-order valence-corrected chi connectivity index (χ1v) is 8.60. The molecule has 4 N–H and O–H groups in total. The zero-order valence-corrected chi connectivity index (χ0v) is 15.3. The van der Waals surface area contributed by atoms with Crippen molar-refractivity contribution >= 4 is 57.8 Å². The van der Waals surface area contributed by atoms with E-state index in [2.05, 4.69) is 20.6 Å². The van der Waals surface area contributed by atoms with E-state index in [1.807, 2.05) is 0 Å². The molecule has 0 atom stereocenters. The van der Waals surface area contributed by atoms with E-state index >= 15 is 0 Å². The lowest BCUT2D eigenvalue weighted by atomic mass is 10.2. The van der Waals surface area contributed by atoms with Crippen molar-refractivity contribution in [2.45, 2.75) is 0 Å². The van der Waals surface area contributed by atoms with Gasteiger partial charge in [-0.1, -0.05) is 35.3 Å². The fraction of sp³-hybridized carbons (Fsp3) is 0.0556. The summed E-state index contributed by atoms with van der Waals surface area (Å²) in [7, 11) is 0. The van der Waals surface area contributed by atoms with E-state index in [0.717, 1.165) is 0 Å². The van der Waals surface area contributed by atoms with Gasteiger partial charge in [0.1, 0.15) is 0 Å². The van der Waals surface area contributed by atoms with Gasteiger partial charge in [-0.3, -0.25) is 9.59 Å². The lowest BCUT2D eigenvalue weighted by Crippen LogP contribution is -2.31. The molecule has 7 nitrogen and oxygen atoms in total. The van der Waals surface area contributed by atoms with Gasteiger partial charge in [0.05, 0.1) is 27.6 Å². The minimum absolute atomic E-state index is 0.214. The Balaban J connectivity index is 1.54. The van der Waals surface area contributed by atoms with Crippen LogP contribution in [0.3, 0.4) is 0 Å². The van der Waals surface area contributed by atoms with E-state index in [4.69, 9.17) is 23.2 Å². The number of aromatic nitrogens is 2. The molecule has 9 heteroatoms. The van der Waals surface area contributed by atoms with Gasteiger partial charge in [0, 0.05) is 11.8 Å². The number of carbonyl (C=O) groups is 2. The van der Waals surface area contributed by atoms with E-state index in [9.17, 15) is 14.4 Å². The van der Waals surface area contributed by atoms with Crippen molar-refractivity contribution in [3.8, 4) is 0 Å². The van der Waals surface area contributed by atoms with Crippen molar-refractivity contribution in [3.05, 3.63) is 68.6 Å². The molecule has 0 saturated heterocycles. The number of imidazole rings is 1. The second kappa shape index (κ2) is 8.11. The molecule has 0 aliphatic heterocycles. The van der Waals surface area contributed by atoms with E-state index in [1.54, 1.807) is 36.4 Å². The predicted octanol–water partition coefficient (Wildman–Crippen LogP) is 2.93. The number of H-pyrrole nitrogens is 2. The van der Waals surface area contributed by atoms with Crippen LogP contribution in [0.25, 0.3) is 17.1 Å². The van der Waals surface area contributed by atoms with Gasteiger partial charge in [-0.25, -0.2) is 4.79 Å². The van der Waals surface area contributed by atoms with E-state index in [1.165, 1.54) is 12.2 Å². The van der Waals surface area contributed by atoms with Gasteiger partial charge < -0.3 is 20.6 Å². The van der Waals surface area contributed by atoms with Gasteiger partial charge in [-0.2, -0.15) is 0 Å². The molecule has 0 radical (unpaired) electrons. The van der Waals surface area contributed by atoms with Crippen molar-refractivity contribution in [1.82, 2.24) is 15.3 Å². The van der Waals surface area contributed by atoms with Crippen LogP contribution in [0.1, 0.15) is 5.56 Å². The van der Waals surface area contributed by atoms with Gasteiger partial charge in [0.15, 0.2) is 0 Å². The first-order chi connectivity index (χ1) is 12.9. The summed E-state index contributed by atoms with van der Waals surface area (Å²) in [6, 6.07) is 10.0. The largest absolute Gasteiger partial charge is 0.343 e. The first kappa shape index (κ1) is 18.8. The number of hydrogen-bond donors (Lipinski definition) is 4. The highest BCUT2D eigenvalue weighted by Gasteiger charge is 2.06. The highest BCUT2D eigenvalue weighted by atomic mass is 35.5. The average molecular weight is 405 g/mol. The summed E-state index contributed by atoms with van der Waals surface area (Å²) >= 11 is 11.9. The molecule has 0 bridgehead atoms. The molecule has 0 saturated carbocycles. The van der Waals surface area contributed by atoms with Crippen LogP contribution in [-0.2, 0) is 9.59 Å².